The fraction of sp³-hybridized carbons (Fsp3) is 0.571. The second-order valence-corrected chi connectivity index (χ2v) is 4.91. The first kappa shape index (κ1) is 15.4. The minimum absolute atomic E-state index is 0.0608. The summed E-state index contributed by atoms with van der Waals surface area (Å²) in [6, 6.07) is 4.25. The summed E-state index contributed by atoms with van der Waals surface area (Å²) in [5.74, 6) is 0.755. The number of carbonyl (C=O) groups excluding carboxylic acids is 1. The largest absolute Gasteiger partial charge is 0.491 e. The van der Waals surface area contributed by atoms with Crippen LogP contribution < -0.4 is 10.1 Å². The van der Waals surface area contributed by atoms with Crippen molar-refractivity contribution in [2.45, 2.75) is 32.9 Å². The van der Waals surface area contributed by atoms with Crippen molar-refractivity contribution in [2.75, 3.05) is 20.7 Å². The van der Waals surface area contributed by atoms with Crippen LogP contribution in [0.5, 0.6) is 5.75 Å². The van der Waals surface area contributed by atoms with E-state index in [2.05, 4.69) is 24.1 Å². The van der Waals surface area contributed by atoms with Crippen molar-refractivity contribution >= 4 is 5.91 Å². The Morgan fingerprint density at radius 2 is 2.16 bits per heavy atom. The zero-order chi connectivity index (χ0) is 14.3. The molecular weight excluding hydrogens is 242 g/mol. The first-order chi connectivity index (χ1) is 8.99. The molecule has 0 spiro atoms. The average molecular weight is 265 g/mol. The van der Waals surface area contributed by atoms with Gasteiger partial charge in [0.2, 0.25) is 5.91 Å². The van der Waals surface area contributed by atoms with Gasteiger partial charge in [-0.1, -0.05) is 13.8 Å². The predicted octanol–water partition coefficient (Wildman–Crippen LogP) is 1.44. The number of hydrogen-bond acceptors (Lipinski definition) is 4. The van der Waals surface area contributed by atoms with Crippen molar-refractivity contribution in [1.29, 1.82) is 0 Å². The topological polar surface area (TPSA) is 54.5 Å². The van der Waals surface area contributed by atoms with Gasteiger partial charge in [0, 0.05) is 26.7 Å². The molecule has 0 aliphatic carbocycles. The van der Waals surface area contributed by atoms with Crippen LogP contribution in [0.3, 0.4) is 0 Å². The smallest absolute Gasteiger partial charge is 0.225 e. The maximum absolute atomic E-state index is 11.4. The molecular formula is C14H23N3O2. The molecule has 106 valence electrons. The van der Waals surface area contributed by atoms with Crippen LogP contribution in [0, 0.1) is 0 Å². The summed E-state index contributed by atoms with van der Waals surface area (Å²) < 4.78 is 5.48. The molecule has 1 heterocycles. The Kier molecular flexibility index (Phi) is 6.29. The molecule has 1 aromatic heterocycles. The summed E-state index contributed by atoms with van der Waals surface area (Å²) in [5.41, 5.74) is 0.977. The molecule has 1 amide bonds. The Labute approximate surface area is 115 Å². The van der Waals surface area contributed by atoms with Crippen molar-refractivity contribution in [1.82, 2.24) is 15.2 Å². The lowest BCUT2D eigenvalue weighted by Gasteiger charge is -2.11. The van der Waals surface area contributed by atoms with E-state index in [9.17, 15) is 4.79 Å². The highest BCUT2D eigenvalue weighted by Crippen LogP contribution is 2.09. The molecule has 0 saturated heterocycles. The maximum atomic E-state index is 11.4. The van der Waals surface area contributed by atoms with Gasteiger partial charge in [0.1, 0.15) is 5.75 Å². The molecule has 0 aromatic carbocycles. The molecule has 1 aromatic rings. The van der Waals surface area contributed by atoms with Crippen molar-refractivity contribution in [3.63, 3.8) is 0 Å². The minimum atomic E-state index is 0.0608. The molecule has 0 saturated carbocycles. The van der Waals surface area contributed by atoms with E-state index in [0.717, 1.165) is 12.2 Å². The lowest BCUT2D eigenvalue weighted by atomic mass is 10.3. The summed E-state index contributed by atoms with van der Waals surface area (Å²) in [5, 5.41) is 3.30. The van der Waals surface area contributed by atoms with Crippen molar-refractivity contribution < 1.29 is 9.53 Å². The van der Waals surface area contributed by atoms with Crippen LogP contribution in [0.15, 0.2) is 18.3 Å². The van der Waals surface area contributed by atoms with E-state index in [1.165, 1.54) is 0 Å². The fourth-order valence-electron chi connectivity index (χ4n) is 1.39. The number of nitrogens with one attached hydrogen (secondary N) is 1. The predicted molar refractivity (Wildman–Crippen MR) is 75.0 cm³/mol. The second kappa shape index (κ2) is 7.74. The van der Waals surface area contributed by atoms with Crippen LogP contribution >= 0.6 is 0 Å². The summed E-state index contributed by atoms with van der Waals surface area (Å²) in [6.45, 7) is 5.32. The number of nitrogens with zero attached hydrogens (tertiary/aromatic N) is 2. The Balaban J connectivity index is 2.34. The Hall–Kier alpha value is -1.62. The van der Waals surface area contributed by atoms with Gasteiger partial charge >= 0.3 is 0 Å². The zero-order valence-electron chi connectivity index (χ0n) is 12.1. The number of rotatable bonds is 7. The lowest BCUT2D eigenvalue weighted by molar-refractivity contribution is -0.129. The van der Waals surface area contributed by atoms with Crippen LogP contribution in [0.4, 0.5) is 0 Å². The van der Waals surface area contributed by atoms with Crippen molar-refractivity contribution in [3.05, 3.63) is 24.0 Å². The molecule has 0 atom stereocenters. The first-order valence-electron chi connectivity index (χ1n) is 6.50. The Bertz CT molecular complexity index is 388. The van der Waals surface area contributed by atoms with Gasteiger partial charge < -0.3 is 15.0 Å². The van der Waals surface area contributed by atoms with Gasteiger partial charge in [-0.2, -0.15) is 0 Å². The SMILES string of the molecule is CC(C)NCc1ccc(OCCC(=O)N(C)C)cn1. The minimum Gasteiger partial charge on any atom is -0.491 e. The number of aromatic nitrogens is 1. The van der Waals surface area contributed by atoms with Gasteiger partial charge in [0.25, 0.3) is 0 Å². The van der Waals surface area contributed by atoms with Crippen LogP contribution in [0.1, 0.15) is 26.0 Å². The summed E-state index contributed by atoms with van der Waals surface area (Å²) in [4.78, 5) is 17.2. The van der Waals surface area contributed by atoms with E-state index in [1.807, 2.05) is 12.1 Å². The molecule has 1 N–H and O–H groups in total. The molecule has 5 heteroatoms. The Morgan fingerprint density at radius 3 is 2.68 bits per heavy atom. The van der Waals surface area contributed by atoms with E-state index >= 15 is 0 Å². The highest BCUT2D eigenvalue weighted by molar-refractivity contribution is 5.75. The second-order valence-electron chi connectivity index (χ2n) is 4.91. The molecule has 0 unspecified atom stereocenters. The molecule has 0 aliphatic heterocycles. The van der Waals surface area contributed by atoms with Gasteiger partial charge in [-0.05, 0) is 12.1 Å². The zero-order valence-corrected chi connectivity index (χ0v) is 12.1. The third-order valence-corrected chi connectivity index (χ3v) is 2.57. The van der Waals surface area contributed by atoms with Crippen LogP contribution in [-0.4, -0.2) is 42.5 Å². The van der Waals surface area contributed by atoms with E-state index in [1.54, 1.807) is 25.2 Å². The molecule has 0 aliphatic rings. The fourth-order valence-corrected chi connectivity index (χ4v) is 1.39. The van der Waals surface area contributed by atoms with E-state index in [4.69, 9.17) is 4.74 Å². The third-order valence-electron chi connectivity index (χ3n) is 2.57. The maximum Gasteiger partial charge on any atom is 0.225 e. The van der Waals surface area contributed by atoms with Crippen LogP contribution in [0.2, 0.25) is 0 Å². The van der Waals surface area contributed by atoms with Crippen molar-refractivity contribution in [3.8, 4) is 5.75 Å². The summed E-state index contributed by atoms with van der Waals surface area (Å²) in [7, 11) is 3.47. The van der Waals surface area contributed by atoms with Gasteiger partial charge in [-0.25, -0.2) is 0 Å². The monoisotopic (exact) mass is 265 g/mol. The molecule has 5 nitrogen and oxygen atoms in total. The number of pyridine rings is 1. The molecule has 0 fully saturated rings. The van der Waals surface area contributed by atoms with Crippen LogP contribution in [0.25, 0.3) is 0 Å². The number of carbonyl (C=O) groups is 1. The van der Waals surface area contributed by atoms with E-state index in [-0.39, 0.29) is 5.91 Å². The van der Waals surface area contributed by atoms with Gasteiger partial charge in [0.05, 0.1) is 24.9 Å². The molecule has 0 bridgehead atoms. The quantitative estimate of drug-likeness (QED) is 0.810. The molecule has 1 rings (SSSR count). The van der Waals surface area contributed by atoms with Crippen molar-refractivity contribution in [2.24, 2.45) is 0 Å². The third kappa shape index (κ3) is 6.20. The summed E-state index contributed by atoms with van der Waals surface area (Å²) >= 11 is 0. The standard InChI is InChI=1S/C14H23N3O2/c1-11(2)15-9-12-5-6-13(10-16-12)19-8-7-14(18)17(3)4/h5-6,10-11,15H,7-9H2,1-4H3. The van der Waals surface area contributed by atoms with Crippen LogP contribution in [-0.2, 0) is 11.3 Å². The average Bonchev–Trinajstić information content (AvgIpc) is 2.37. The molecule has 19 heavy (non-hydrogen) atoms. The molecule has 0 radical (unpaired) electrons. The van der Waals surface area contributed by atoms with Gasteiger partial charge in [-0.15, -0.1) is 0 Å². The number of hydrogen-bond donors (Lipinski definition) is 1. The number of amides is 1. The lowest BCUT2D eigenvalue weighted by Crippen LogP contribution is -2.23. The first-order valence-corrected chi connectivity index (χ1v) is 6.50. The summed E-state index contributed by atoms with van der Waals surface area (Å²) in [6.07, 6.45) is 2.07. The normalized spacial score (nSPS) is 10.6. The van der Waals surface area contributed by atoms with Gasteiger partial charge in [-0.3, -0.25) is 9.78 Å². The van der Waals surface area contributed by atoms with E-state index in [0.29, 0.717) is 24.8 Å². The highest BCUT2D eigenvalue weighted by atomic mass is 16.5. The van der Waals surface area contributed by atoms with Gasteiger partial charge in [0.15, 0.2) is 0 Å². The Morgan fingerprint density at radius 1 is 1.42 bits per heavy atom. The van der Waals surface area contributed by atoms with E-state index < -0.39 is 0 Å². The number of ether oxygens (including phenoxy) is 1. The highest BCUT2D eigenvalue weighted by Gasteiger charge is 2.04.